The molecule has 0 bridgehead atoms. The maximum Gasteiger partial charge on any atom is 0.152 e. The Labute approximate surface area is 104 Å². The molecule has 0 amide bonds. The standard InChI is InChI=1S/C13H10ClN3/c14-8-13-16-15-9-17(13)12-6-5-10-3-1-2-4-11(10)7-12/h1-7,9H,8H2. The molecule has 0 unspecified atom stereocenters. The normalized spacial score (nSPS) is 10.9. The zero-order chi connectivity index (χ0) is 11.7. The summed E-state index contributed by atoms with van der Waals surface area (Å²) in [5.41, 5.74) is 1.03. The number of benzene rings is 2. The SMILES string of the molecule is ClCc1nncn1-c1ccc2ccccc2c1. The van der Waals surface area contributed by atoms with Crippen LogP contribution in [-0.4, -0.2) is 14.8 Å². The van der Waals surface area contributed by atoms with E-state index in [0.717, 1.165) is 11.5 Å². The van der Waals surface area contributed by atoms with E-state index in [0.29, 0.717) is 5.88 Å². The number of nitrogens with zero attached hydrogens (tertiary/aromatic N) is 3. The van der Waals surface area contributed by atoms with Gasteiger partial charge in [-0.1, -0.05) is 30.3 Å². The van der Waals surface area contributed by atoms with Crippen molar-refractivity contribution in [2.45, 2.75) is 5.88 Å². The lowest BCUT2D eigenvalue weighted by Gasteiger charge is -2.06. The van der Waals surface area contributed by atoms with E-state index < -0.39 is 0 Å². The van der Waals surface area contributed by atoms with E-state index in [1.807, 2.05) is 22.8 Å². The fraction of sp³-hybridized carbons (Fsp3) is 0.0769. The van der Waals surface area contributed by atoms with Gasteiger partial charge in [0.05, 0.1) is 5.88 Å². The van der Waals surface area contributed by atoms with Crippen molar-refractivity contribution in [3.8, 4) is 5.69 Å². The largest absolute Gasteiger partial charge is 0.285 e. The molecular formula is C13H10ClN3. The van der Waals surface area contributed by atoms with Gasteiger partial charge in [-0.3, -0.25) is 4.57 Å². The summed E-state index contributed by atoms with van der Waals surface area (Å²) in [6, 6.07) is 14.5. The summed E-state index contributed by atoms with van der Waals surface area (Å²) in [5, 5.41) is 10.3. The number of alkyl halides is 1. The zero-order valence-electron chi connectivity index (χ0n) is 9.05. The van der Waals surface area contributed by atoms with Crippen LogP contribution in [0.25, 0.3) is 16.5 Å². The summed E-state index contributed by atoms with van der Waals surface area (Å²) in [6.07, 6.45) is 1.68. The fourth-order valence-electron chi connectivity index (χ4n) is 1.89. The lowest BCUT2D eigenvalue weighted by molar-refractivity contribution is 0.952. The predicted octanol–water partition coefficient (Wildman–Crippen LogP) is 3.16. The van der Waals surface area contributed by atoms with Crippen LogP contribution in [0.4, 0.5) is 0 Å². The summed E-state index contributed by atoms with van der Waals surface area (Å²) in [5.74, 6) is 1.11. The average Bonchev–Trinajstić information content (AvgIpc) is 2.86. The molecule has 2 aromatic carbocycles. The minimum absolute atomic E-state index is 0.354. The Morgan fingerprint density at radius 3 is 2.71 bits per heavy atom. The topological polar surface area (TPSA) is 30.7 Å². The third-order valence-electron chi connectivity index (χ3n) is 2.75. The first-order valence-electron chi connectivity index (χ1n) is 5.32. The van der Waals surface area contributed by atoms with Gasteiger partial charge in [0, 0.05) is 5.69 Å². The van der Waals surface area contributed by atoms with E-state index in [1.54, 1.807) is 6.33 Å². The van der Waals surface area contributed by atoms with Gasteiger partial charge in [-0.05, 0) is 22.9 Å². The molecule has 17 heavy (non-hydrogen) atoms. The van der Waals surface area contributed by atoms with Crippen LogP contribution in [0.15, 0.2) is 48.8 Å². The van der Waals surface area contributed by atoms with E-state index in [1.165, 1.54) is 10.8 Å². The van der Waals surface area contributed by atoms with Crippen LogP contribution in [-0.2, 0) is 5.88 Å². The number of halogens is 1. The molecule has 3 nitrogen and oxygen atoms in total. The highest BCUT2D eigenvalue weighted by Gasteiger charge is 2.05. The van der Waals surface area contributed by atoms with Gasteiger partial charge in [-0.2, -0.15) is 0 Å². The monoisotopic (exact) mass is 243 g/mol. The Morgan fingerprint density at radius 1 is 1.06 bits per heavy atom. The number of hydrogen-bond acceptors (Lipinski definition) is 2. The Morgan fingerprint density at radius 2 is 1.88 bits per heavy atom. The van der Waals surface area contributed by atoms with E-state index in [-0.39, 0.29) is 0 Å². The minimum atomic E-state index is 0.354. The van der Waals surface area contributed by atoms with Crippen molar-refractivity contribution < 1.29 is 0 Å². The van der Waals surface area contributed by atoms with Gasteiger partial charge in [0.2, 0.25) is 0 Å². The second-order valence-electron chi connectivity index (χ2n) is 3.78. The summed E-state index contributed by atoms with van der Waals surface area (Å²) < 4.78 is 1.90. The highest BCUT2D eigenvalue weighted by molar-refractivity contribution is 6.16. The van der Waals surface area contributed by atoms with E-state index >= 15 is 0 Å². The molecule has 0 aliphatic heterocycles. The first-order valence-corrected chi connectivity index (χ1v) is 5.86. The molecule has 1 heterocycles. The van der Waals surface area contributed by atoms with Crippen molar-refractivity contribution in [1.82, 2.24) is 14.8 Å². The number of aromatic nitrogens is 3. The highest BCUT2D eigenvalue weighted by Crippen LogP contribution is 2.19. The van der Waals surface area contributed by atoms with E-state index in [4.69, 9.17) is 11.6 Å². The van der Waals surface area contributed by atoms with Gasteiger partial charge < -0.3 is 0 Å². The Bertz CT molecular complexity index is 660. The quantitative estimate of drug-likeness (QED) is 0.648. The number of fused-ring (bicyclic) bond motifs is 1. The van der Waals surface area contributed by atoms with Crippen LogP contribution in [0.1, 0.15) is 5.82 Å². The van der Waals surface area contributed by atoms with Crippen LogP contribution < -0.4 is 0 Å². The van der Waals surface area contributed by atoms with Gasteiger partial charge in [-0.25, -0.2) is 0 Å². The maximum atomic E-state index is 5.82. The zero-order valence-corrected chi connectivity index (χ0v) is 9.80. The van der Waals surface area contributed by atoms with Crippen molar-refractivity contribution in [2.24, 2.45) is 0 Å². The Balaban J connectivity index is 2.18. The summed E-state index contributed by atoms with van der Waals surface area (Å²) in [6.45, 7) is 0. The molecule has 0 aliphatic rings. The third kappa shape index (κ3) is 1.78. The van der Waals surface area contributed by atoms with Crippen molar-refractivity contribution in [1.29, 1.82) is 0 Å². The van der Waals surface area contributed by atoms with Gasteiger partial charge >= 0.3 is 0 Å². The first kappa shape index (κ1) is 10.3. The second kappa shape index (κ2) is 4.18. The van der Waals surface area contributed by atoms with Crippen LogP contribution >= 0.6 is 11.6 Å². The average molecular weight is 244 g/mol. The molecule has 0 spiro atoms. The van der Waals surface area contributed by atoms with Crippen molar-refractivity contribution in [3.05, 3.63) is 54.6 Å². The summed E-state index contributed by atoms with van der Waals surface area (Å²) in [7, 11) is 0. The van der Waals surface area contributed by atoms with Crippen LogP contribution in [0, 0.1) is 0 Å². The molecule has 84 valence electrons. The Kier molecular flexibility index (Phi) is 2.53. The molecule has 0 saturated carbocycles. The van der Waals surface area contributed by atoms with Gasteiger partial charge in [0.15, 0.2) is 5.82 Å². The summed E-state index contributed by atoms with van der Waals surface area (Å²) in [4.78, 5) is 0. The molecule has 4 heteroatoms. The van der Waals surface area contributed by atoms with Crippen LogP contribution in [0.3, 0.4) is 0 Å². The number of hydrogen-bond donors (Lipinski definition) is 0. The van der Waals surface area contributed by atoms with E-state index in [9.17, 15) is 0 Å². The molecule has 1 aromatic heterocycles. The second-order valence-corrected chi connectivity index (χ2v) is 4.05. The number of rotatable bonds is 2. The van der Waals surface area contributed by atoms with Gasteiger partial charge in [0.25, 0.3) is 0 Å². The molecule has 0 aliphatic carbocycles. The van der Waals surface area contributed by atoms with Crippen LogP contribution in [0.2, 0.25) is 0 Å². The van der Waals surface area contributed by atoms with Crippen molar-refractivity contribution in [2.75, 3.05) is 0 Å². The third-order valence-corrected chi connectivity index (χ3v) is 2.99. The molecule has 0 fully saturated rings. The molecule has 3 aromatic rings. The maximum absolute atomic E-state index is 5.82. The van der Waals surface area contributed by atoms with Gasteiger partial charge in [-0.15, -0.1) is 21.8 Å². The molecular weight excluding hydrogens is 234 g/mol. The van der Waals surface area contributed by atoms with Crippen LogP contribution in [0.5, 0.6) is 0 Å². The van der Waals surface area contributed by atoms with E-state index in [2.05, 4.69) is 34.5 Å². The van der Waals surface area contributed by atoms with Crippen molar-refractivity contribution >= 4 is 22.4 Å². The molecule has 0 N–H and O–H groups in total. The lowest BCUT2D eigenvalue weighted by atomic mass is 10.1. The highest BCUT2D eigenvalue weighted by atomic mass is 35.5. The summed E-state index contributed by atoms with van der Waals surface area (Å²) >= 11 is 5.82. The molecule has 3 rings (SSSR count). The minimum Gasteiger partial charge on any atom is -0.285 e. The fourth-order valence-corrected chi connectivity index (χ4v) is 2.07. The smallest absolute Gasteiger partial charge is 0.152 e. The first-order chi connectivity index (χ1) is 8.38. The van der Waals surface area contributed by atoms with Gasteiger partial charge in [0.1, 0.15) is 6.33 Å². The molecule has 0 atom stereocenters. The lowest BCUT2D eigenvalue weighted by Crippen LogP contribution is -1.97. The molecule has 0 saturated heterocycles. The predicted molar refractivity (Wildman–Crippen MR) is 68.4 cm³/mol. The Hall–Kier alpha value is -1.87. The molecule has 0 radical (unpaired) electrons. The van der Waals surface area contributed by atoms with Crippen molar-refractivity contribution in [3.63, 3.8) is 0 Å².